The van der Waals surface area contributed by atoms with E-state index in [0.29, 0.717) is 31.1 Å². The average Bonchev–Trinajstić information content (AvgIpc) is 3.00. The van der Waals surface area contributed by atoms with E-state index in [1.54, 1.807) is 6.20 Å². The Kier molecular flexibility index (Phi) is 5.53. The maximum absolute atomic E-state index is 12.5. The van der Waals surface area contributed by atoms with Gasteiger partial charge in [0.1, 0.15) is 11.9 Å². The van der Waals surface area contributed by atoms with Crippen molar-refractivity contribution in [2.75, 3.05) is 19.7 Å². The number of amides is 1. The van der Waals surface area contributed by atoms with Crippen molar-refractivity contribution in [1.82, 2.24) is 14.5 Å². The van der Waals surface area contributed by atoms with Crippen molar-refractivity contribution >= 4 is 17.5 Å². The van der Waals surface area contributed by atoms with E-state index in [9.17, 15) is 4.79 Å². The number of aryl methyl sites for hydroxylation is 2. The van der Waals surface area contributed by atoms with Crippen LogP contribution < -0.4 is 0 Å². The predicted molar refractivity (Wildman–Crippen MR) is 92.9 cm³/mol. The molecule has 1 saturated heterocycles. The Bertz CT molecular complexity index is 701. The zero-order chi connectivity index (χ0) is 16.9. The molecule has 1 fully saturated rings. The molecule has 1 atom stereocenters. The summed E-state index contributed by atoms with van der Waals surface area (Å²) in [7, 11) is 0. The van der Waals surface area contributed by atoms with Crippen molar-refractivity contribution < 1.29 is 9.53 Å². The molecule has 5 nitrogen and oxygen atoms in total. The van der Waals surface area contributed by atoms with Crippen LogP contribution in [0.1, 0.15) is 30.3 Å². The number of carbonyl (C=O) groups is 1. The number of halogens is 1. The van der Waals surface area contributed by atoms with Crippen LogP contribution in [-0.4, -0.2) is 40.1 Å². The van der Waals surface area contributed by atoms with Gasteiger partial charge in [0.2, 0.25) is 5.91 Å². The lowest BCUT2D eigenvalue weighted by Gasteiger charge is -2.33. The zero-order valence-corrected chi connectivity index (χ0v) is 14.6. The lowest BCUT2D eigenvalue weighted by atomic mass is 10.1. The van der Waals surface area contributed by atoms with Crippen molar-refractivity contribution in [3.05, 3.63) is 53.1 Å². The van der Waals surface area contributed by atoms with Gasteiger partial charge in [-0.05, 0) is 19.4 Å². The number of rotatable bonds is 5. The Balaban J connectivity index is 1.53. The molecule has 128 valence electrons. The second-order valence-electron chi connectivity index (χ2n) is 5.99. The van der Waals surface area contributed by atoms with Crippen LogP contribution in [0.15, 0.2) is 36.7 Å². The van der Waals surface area contributed by atoms with Gasteiger partial charge < -0.3 is 14.2 Å². The molecule has 0 saturated carbocycles. The van der Waals surface area contributed by atoms with Crippen LogP contribution in [0.5, 0.6) is 0 Å². The molecule has 0 unspecified atom stereocenters. The summed E-state index contributed by atoms with van der Waals surface area (Å²) in [5, 5.41) is 0.687. The van der Waals surface area contributed by atoms with Crippen molar-refractivity contribution in [3.8, 4) is 0 Å². The topological polar surface area (TPSA) is 47.4 Å². The molecule has 1 aromatic heterocycles. The highest BCUT2D eigenvalue weighted by Gasteiger charge is 2.26. The predicted octanol–water partition coefficient (Wildman–Crippen LogP) is 3.23. The van der Waals surface area contributed by atoms with Crippen LogP contribution in [-0.2, 0) is 16.1 Å². The zero-order valence-electron chi connectivity index (χ0n) is 13.8. The number of hydrogen-bond acceptors (Lipinski definition) is 3. The summed E-state index contributed by atoms with van der Waals surface area (Å²) in [6.07, 6.45) is 4.93. The highest BCUT2D eigenvalue weighted by molar-refractivity contribution is 6.31. The maximum atomic E-state index is 12.5. The summed E-state index contributed by atoms with van der Waals surface area (Å²) in [6.45, 7) is 4.53. The summed E-state index contributed by atoms with van der Waals surface area (Å²) in [4.78, 5) is 18.6. The van der Waals surface area contributed by atoms with Gasteiger partial charge in [-0.3, -0.25) is 4.79 Å². The Morgan fingerprint density at radius 1 is 1.42 bits per heavy atom. The van der Waals surface area contributed by atoms with E-state index in [0.717, 1.165) is 24.4 Å². The van der Waals surface area contributed by atoms with Crippen LogP contribution in [0.4, 0.5) is 0 Å². The highest BCUT2D eigenvalue weighted by Crippen LogP contribution is 2.28. The van der Waals surface area contributed by atoms with Gasteiger partial charge in [0.05, 0.1) is 13.2 Å². The molecule has 0 N–H and O–H groups in total. The largest absolute Gasteiger partial charge is 0.370 e. The normalized spacial score (nSPS) is 17.9. The molecule has 3 rings (SSSR count). The summed E-state index contributed by atoms with van der Waals surface area (Å²) in [5.74, 6) is 1.15. The van der Waals surface area contributed by atoms with Gasteiger partial charge in [-0.25, -0.2) is 4.98 Å². The average molecular weight is 348 g/mol. The molecule has 24 heavy (non-hydrogen) atoms. The van der Waals surface area contributed by atoms with E-state index in [2.05, 4.69) is 9.55 Å². The monoisotopic (exact) mass is 347 g/mol. The Labute approximate surface area is 147 Å². The first-order valence-corrected chi connectivity index (χ1v) is 8.64. The molecule has 1 aliphatic heterocycles. The quantitative estimate of drug-likeness (QED) is 0.834. The minimum absolute atomic E-state index is 0.146. The number of imidazole rings is 1. The fraction of sp³-hybridized carbons (Fsp3) is 0.444. The number of benzene rings is 1. The molecule has 1 aliphatic rings. The van der Waals surface area contributed by atoms with E-state index in [1.807, 2.05) is 42.3 Å². The van der Waals surface area contributed by atoms with Gasteiger partial charge in [0.25, 0.3) is 0 Å². The van der Waals surface area contributed by atoms with E-state index >= 15 is 0 Å². The molecular formula is C18H22ClN3O2. The summed E-state index contributed by atoms with van der Waals surface area (Å²) < 4.78 is 7.88. The minimum Gasteiger partial charge on any atom is -0.370 e. The molecule has 0 spiro atoms. The SMILES string of the molecule is Cc1nccn1CCCC(=O)N1CCO[C@H](c2ccccc2Cl)C1. The Morgan fingerprint density at radius 2 is 2.25 bits per heavy atom. The van der Waals surface area contributed by atoms with E-state index in [1.165, 1.54) is 0 Å². The summed E-state index contributed by atoms with van der Waals surface area (Å²) in [6, 6.07) is 7.66. The number of aromatic nitrogens is 2. The van der Waals surface area contributed by atoms with E-state index in [4.69, 9.17) is 16.3 Å². The molecule has 1 amide bonds. The van der Waals surface area contributed by atoms with Crippen molar-refractivity contribution in [2.45, 2.75) is 32.4 Å². The molecule has 0 aliphatic carbocycles. The van der Waals surface area contributed by atoms with Crippen LogP contribution in [0.25, 0.3) is 0 Å². The summed E-state index contributed by atoms with van der Waals surface area (Å²) >= 11 is 6.25. The number of morpholine rings is 1. The Hall–Kier alpha value is -1.85. The van der Waals surface area contributed by atoms with Crippen LogP contribution in [0.2, 0.25) is 5.02 Å². The lowest BCUT2D eigenvalue weighted by Crippen LogP contribution is -2.42. The second kappa shape index (κ2) is 7.81. The fourth-order valence-corrected chi connectivity index (χ4v) is 3.26. The molecule has 2 aromatic rings. The first kappa shape index (κ1) is 17.0. The van der Waals surface area contributed by atoms with Gasteiger partial charge in [-0.1, -0.05) is 29.8 Å². The molecule has 6 heteroatoms. The maximum Gasteiger partial charge on any atom is 0.222 e. The summed E-state index contributed by atoms with van der Waals surface area (Å²) in [5.41, 5.74) is 0.950. The number of hydrogen-bond donors (Lipinski definition) is 0. The van der Waals surface area contributed by atoms with Gasteiger partial charge in [-0.2, -0.15) is 0 Å². The molecule has 1 aromatic carbocycles. The molecule has 0 radical (unpaired) electrons. The van der Waals surface area contributed by atoms with Gasteiger partial charge in [-0.15, -0.1) is 0 Å². The number of carbonyl (C=O) groups excluding carboxylic acids is 1. The van der Waals surface area contributed by atoms with Crippen LogP contribution in [0, 0.1) is 6.92 Å². The van der Waals surface area contributed by atoms with Crippen LogP contribution in [0.3, 0.4) is 0 Å². The molecule has 2 heterocycles. The molecular weight excluding hydrogens is 326 g/mol. The van der Waals surface area contributed by atoms with Crippen molar-refractivity contribution in [1.29, 1.82) is 0 Å². The molecule has 0 bridgehead atoms. The first-order chi connectivity index (χ1) is 11.6. The smallest absolute Gasteiger partial charge is 0.222 e. The standard InChI is InChI=1S/C18H22ClN3O2/c1-14-20-8-10-21(14)9-4-7-18(23)22-11-12-24-17(13-22)15-5-2-3-6-16(15)19/h2-3,5-6,8,10,17H,4,7,9,11-13H2,1H3/t17-/m0/s1. The third kappa shape index (κ3) is 3.97. The number of ether oxygens (including phenoxy) is 1. The third-order valence-corrected chi connectivity index (χ3v) is 4.73. The van der Waals surface area contributed by atoms with Gasteiger partial charge in [0.15, 0.2) is 0 Å². The van der Waals surface area contributed by atoms with E-state index in [-0.39, 0.29) is 12.0 Å². The van der Waals surface area contributed by atoms with Crippen molar-refractivity contribution in [2.24, 2.45) is 0 Å². The number of nitrogens with zero attached hydrogens (tertiary/aromatic N) is 3. The second-order valence-corrected chi connectivity index (χ2v) is 6.40. The minimum atomic E-state index is -0.146. The van der Waals surface area contributed by atoms with Crippen molar-refractivity contribution in [3.63, 3.8) is 0 Å². The third-order valence-electron chi connectivity index (χ3n) is 4.38. The Morgan fingerprint density at radius 3 is 3.00 bits per heavy atom. The highest BCUT2D eigenvalue weighted by atomic mass is 35.5. The van der Waals surface area contributed by atoms with Crippen LogP contribution >= 0.6 is 11.6 Å². The van der Waals surface area contributed by atoms with Gasteiger partial charge >= 0.3 is 0 Å². The first-order valence-electron chi connectivity index (χ1n) is 8.26. The van der Waals surface area contributed by atoms with E-state index < -0.39 is 0 Å². The lowest BCUT2D eigenvalue weighted by molar-refractivity contribution is -0.139. The fourth-order valence-electron chi connectivity index (χ4n) is 3.00. The van der Waals surface area contributed by atoms with Gasteiger partial charge in [0, 0.05) is 42.5 Å².